The van der Waals surface area contributed by atoms with Gasteiger partial charge in [-0.3, -0.25) is 9.48 Å². The Bertz CT molecular complexity index is 1080. The van der Waals surface area contributed by atoms with Crippen LogP contribution in [0, 0.1) is 0 Å². The van der Waals surface area contributed by atoms with Crippen LogP contribution in [0.25, 0.3) is 0 Å². The fourth-order valence-corrected chi connectivity index (χ4v) is 4.92. The lowest BCUT2D eigenvalue weighted by Gasteiger charge is -2.28. The Morgan fingerprint density at radius 3 is 2.42 bits per heavy atom. The zero-order valence-electron chi connectivity index (χ0n) is 18.3. The van der Waals surface area contributed by atoms with Crippen LogP contribution in [0.15, 0.2) is 35.4 Å². The summed E-state index contributed by atoms with van der Waals surface area (Å²) in [6, 6.07) is 5.26. The molecule has 0 bridgehead atoms. The van der Waals surface area contributed by atoms with E-state index in [1.54, 1.807) is 6.07 Å². The van der Waals surface area contributed by atoms with E-state index in [9.17, 15) is 26.4 Å². The summed E-state index contributed by atoms with van der Waals surface area (Å²) in [6.45, 7) is 5.60. The first-order valence-corrected chi connectivity index (χ1v) is 11.9. The molecule has 2 heterocycles. The molecular weight excluding hydrogens is 463 g/mol. The molecule has 13 heteroatoms. The van der Waals surface area contributed by atoms with E-state index < -0.39 is 34.3 Å². The summed E-state index contributed by atoms with van der Waals surface area (Å²) >= 11 is 0. The number of aromatic nitrogens is 2. The number of hydrogen-bond donors (Lipinski definition) is 1. The molecule has 1 aromatic heterocycles. The molecule has 182 valence electrons. The molecule has 33 heavy (non-hydrogen) atoms. The number of nitrogens with zero attached hydrogens (tertiary/aromatic N) is 4. The van der Waals surface area contributed by atoms with Crippen molar-refractivity contribution in [1.82, 2.24) is 14.1 Å². The van der Waals surface area contributed by atoms with Crippen molar-refractivity contribution in [2.45, 2.75) is 31.5 Å². The van der Waals surface area contributed by atoms with Gasteiger partial charge in [-0.1, -0.05) is 0 Å². The van der Waals surface area contributed by atoms with E-state index >= 15 is 0 Å². The number of nitrogens with one attached hydrogen (secondary N) is 1. The van der Waals surface area contributed by atoms with Crippen LogP contribution in [0.5, 0.6) is 0 Å². The van der Waals surface area contributed by atoms with Gasteiger partial charge in [-0.05, 0) is 38.1 Å². The molecule has 0 saturated carbocycles. The average molecular weight is 490 g/mol. The number of rotatable bonds is 8. The summed E-state index contributed by atoms with van der Waals surface area (Å²) < 4.78 is 71.8. The van der Waals surface area contributed by atoms with E-state index in [0.29, 0.717) is 32.0 Å². The molecule has 2 aromatic rings. The predicted octanol–water partition coefficient (Wildman–Crippen LogP) is 2.41. The molecular formula is C20H26F3N5O4S. The van der Waals surface area contributed by atoms with E-state index in [1.807, 2.05) is 18.7 Å². The standard InChI is InChI=1S/C20H26F3N5O4S/c1-3-26(4-2)17-6-5-15(33(30,31)28-9-11-32-12-10-28)13-16(17)24-19(29)14-27-8-7-18(25-27)20(21,22)23/h5-8,13H,3-4,9-12,14H2,1-2H3,(H,24,29). The summed E-state index contributed by atoms with van der Waals surface area (Å²) in [5.74, 6) is -0.638. The Labute approximate surface area is 190 Å². The molecule has 1 aliphatic rings. The second-order valence-electron chi connectivity index (χ2n) is 7.31. The van der Waals surface area contributed by atoms with E-state index in [2.05, 4.69) is 10.4 Å². The predicted molar refractivity (Wildman–Crippen MR) is 115 cm³/mol. The summed E-state index contributed by atoms with van der Waals surface area (Å²) in [5, 5.41) is 6.02. The lowest BCUT2D eigenvalue weighted by Crippen LogP contribution is -2.40. The Morgan fingerprint density at radius 2 is 1.85 bits per heavy atom. The lowest BCUT2D eigenvalue weighted by atomic mass is 10.2. The maximum absolute atomic E-state index is 13.1. The van der Waals surface area contributed by atoms with Gasteiger partial charge in [0.15, 0.2) is 5.69 Å². The number of alkyl halides is 3. The van der Waals surface area contributed by atoms with Crippen LogP contribution in [-0.4, -0.2) is 67.8 Å². The molecule has 1 fully saturated rings. The number of carbonyl (C=O) groups excluding carboxylic acids is 1. The molecule has 3 rings (SSSR count). The Balaban J connectivity index is 1.88. The molecule has 9 nitrogen and oxygen atoms in total. The normalized spacial score (nSPS) is 15.4. The van der Waals surface area contributed by atoms with Crippen LogP contribution in [0.1, 0.15) is 19.5 Å². The minimum atomic E-state index is -4.61. The number of halogens is 3. The van der Waals surface area contributed by atoms with Gasteiger partial charge < -0.3 is 15.0 Å². The smallest absolute Gasteiger partial charge is 0.379 e. The number of hydrogen-bond acceptors (Lipinski definition) is 6. The van der Waals surface area contributed by atoms with E-state index in [-0.39, 0.29) is 23.7 Å². The number of morpholine rings is 1. The largest absolute Gasteiger partial charge is 0.435 e. The zero-order chi connectivity index (χ0) is 24.2. The summed E-state index contributed by atoms with van der Waals surface area (Å²) in [5.41, 5.74) is -0.246. The van der Waals surface area contributed by atoms with E-state index in [4.69, 9.17) is 4.74 Å². The summed E-state index contributed by atoms with van der Waals surface area (Å²) in [4.78, 5) is 14.5. The van der Waals surface area contributed by atoms with Crippen LogP contribution in [0.2, 0.25) is 0 Å². The van der Waals surface area contributed by atoms with Gasteiger partial charge in [0.25, 0.3) is 0 Å². The minimum absolute atomic E-state index is 0.00838. The van der Waals surface area contributed by atoms with E-state index in [1.165, 1.54) is 16.4 Å². The zero-order valence-corrected chi connectivity index (χ0v) is 19.1. The van der Waals surface area contributed by atoms with Crippen molar-refractivity contribution in [1.29, 1.82) is 0 Å². The molecule has 0 spiro atoms. The maximum atomic E-state index is 13.1. The van der Waals surface area contributed by atoms with Crippen molar-refractivity contribution in [3.8, 4) is 0 Å². The molecule has 0 unspecified atom stereocenters. The summed E-state index contributed by atoms with van der Waals surface area (Å²) in [6.07, 6.45) is -3.55. The van der Waals surface area contributed by atoms with Crippen LogP contribution >= 0.6 is 0 Å². The molecule has 0 atom stereocenters. The van der Waals surface area contributed by atoms with Gasteiger partial charge in [-0.15, -0.1) is 0 Å². The van der Waals surface area contributed by atoms with Gasteiger partial charge in [0.2, 0.25) is 15.9 Å². The molecule has 0 radical (unpaired) electrons. The highest BCUT2D eigenvalue weighted by atomic mass is 32.2. The quantitative estimate of drug-likeness (QED) is 0.612. The van der Waals surface area contributed by atoms with Gasteiger partial charge in [-0.2, -0.15) is 22.6 Å². The molecule has 1 aliphatic heterocycles. The average Bonchev–Trinajstić information content (AvgIpc) is 3.25. The van der Waals surface area contributed by atoms with E-state index in [0.717, 1.165) is 16.9 Å². The number of ether oxygens (including phenoxy) is 1. The van der Waals surface area contributed by atoms with Crippen molar-refractivity contribution >= 4 is 27.3 Å². The molecule has 1 saturated heterocycles. The Hall–Kier alpha value is -2.64. The van der Waals surface area contributed by atoms with Crippen molar-refractivity contribution in [2.24, 2.45) is 0 Å². The number of benzene rings is 1. The first-order chi connectivity index (χ1) is 15.6. The summed E-state index contributed by atoms with van der Waals surface area (Å²) in [7, 11) is -3.81. The topological polar surface area (TPSA) is 96.8 Å². The molecule has 1 amide bonds. The SMILES string of the molecule is CCN(CC)c1ccc(S(=O)(=O)N2CCOCC2)cc1NC(=O)Cn1ccc(C(F)(F)F)n1. The van der Waals surface area contributed by atoms with Gasteiger partial charge in [-0.25, -0.2) is 8.42 Å². The van der Waals surface area contributed by atoms with Gasteiger partial charge in [0, 0.05) is 32.4 Å². The molecule has 1 aromatic carbocycles. The third-order valence-electron chi connectivity index (χ3n) is 5.19. The van der Waals surface area contributed by atoms with Crippen molar-refractivity contribution in [3.05, 3.63) is 36.2 Å². The number of amides is 1. The van der Waals surface area contributed by atoms with Crippen molar-refractivity contribution in [3.63, 3.8) is 0 Å². The first kappa shape index (κ1) is 25.0. The van der Waals surface area contributed by atoms with Gasteiger partial charge in [0.1, 0.15) is 6.54 Å². The third kappa shape index (κ3) is 5.84. The number of anilines is 2. The first-order valence-electron chi connectivity index (χ1n) is 10.4. The highest BCUT2D eigenvalue weighted by Crippen LogP contribution is 2.31. The third-order valence-corrected chi connectivity index (χ3v) is 7.09. The van der Waals surface area contributed by atoms with Gasteiger partial charge in [0.05, 0.1) is 29.5 Å². The van der Waals surface area contributed by atoms with Gasteiger partial charge >= 0.3 is 6.18 Å². The van der Waals surface area contributed by atoms with Crippen LogP contribution in [0.3, 0.4) is 0 Å². The Morgan fingerprint density at radius 1 is 1.18 bits per heavy atom. The highest BCUT2D eigenvalue weighted by molar-refractivity contribution is 7.89. The number of carbonyl (C=O) groups is 1. The minimum Gasteiger partial charge on any atom is -0.379 e. The maximum Gasteiger partial charge on any atom is 0.435 e. The van der Waals surface area contributed by atoms with Crippen LogP contribution < -0.4 is 10.2 Å². The van der Waals surface area contributed by atoms with Crippen LogP contribution in [0.4, 0.5) is 24.5 Å². The number of sulfonamides is 1. The molecule has 1 N–H and O–H groups in total. The van der Waals surface area contributed by atoms with Crippen molar-refractivity contribution in [2.75, 3.05) is 49.6 Å². The second kappa shape index (κ2) is 10.1. The lowest BCUT2D eigenvalue weighted by molar-refractivity contribution is -0.141. The van der Waals surface area contributed by atoms with Crippen LogP contribution in [-0.2, 0) is 32.3 Å². The molecule has 0 aliphatic carbocycles. The fourth-order valence-electron chi connectivity index (χ4n) is 3.49. The van der Waals surface area contributed by atoms with Crippen molar-refractivity contribution < 1.29 is 31.1 Å². The fraction of sp³-hybridized carbons (Fsp3) is 0.500. The highest BCUT2D eigenvalue weighted by Gasteiger charge is 2.33. The monoisotopic (exact) mass is 489 g/mol. The second-order valence-corrected chi connectivity index (χ2v) is 9.25. The Kier molecular flexibility index (Phi) is 7.65.